The minimum absolute atomic E-state index is 0.0310. The molecular weight excluding hydrogens is 336 g/mol. The molecule has 1 fully saturated rings. The number of nitro groups is 1. The number of hydrogen-bond acceptors (Lipinski definition) is 6. The van der Waals surface area contributed by atoms with Crippen LogP contribution in [0.1, 0.15) is 28.8 Å². The second-order valence-corrected chi connectivity index (χ2v) is 6.14. The molecule has 1 N–H and O–H groups in total. The first-order valence-electron chi connectivity index (χ1n) is 8.38. The quantitative estimate of drug-likeness (QED) is 0.503. The molecule has 0 bridgehead atoms. The van der Waals surface area contributed by atoms with E-state index in [9.17, 15) is 14.9 Å². The predicted molar refractivity (Wildman–Crippen MR) is 95.3 cm³/mol. The first-order chi connectivity index (χ1) is 12.6. The van der Waals surface area contributed by atoms with Gasteiger partial charge in [0.25, 0.3) is 0 Å². The van der Waals surface area contributed by atoms with Gasteiger partial charge in [-0.3, -0.25) is 10.1 Å². The summed E-state index contributed by atoms with van der Waals surface area (Å²) >= 11 is 0. The Hall–Kier alpha value is -2.93. The molecular formula is C19H20N2O5. The lowest BCUT2D eigenvalue weighted by Crippen LogP contribution is -2.43. The van der Waals surface area contributed by atoms with E-state index < -0.39 is 16.5 Å². The molecule has 2 aromatic carbocycles. The lowest BCUT2D eigenvalue weighted by molar-refractivity contribution is -0.385. The first-order valence-corrected chi connectivity index (χ1v) is 8.38. The molecule has 2 aromatic rings. The Morgan fingerprint density at radius 1 is 1.15 bits per heavy atom. The van der Waals surface area contributed by atoms with E-state index in [0.717, 1.165) is 18.7 Å². The Kier molecular flexibility index (Phi) is 5.18. The van der Waals surface area contributed by atoms with Gasteiger partial charge in [-0.15, -0.1) is 0 Å². The van der Waals surface area contributed by atoms with Crippen LogP contribution in [0.25, 0.3) is 0 Å². The molecule has 1 aliphatic heterocycles. The van der Waals surface area contributed by atoms with Crippen LogP contribution in [0.4, 0.5) is 5.69 Å². The van der Waals surface area contributed by atoms with Gasteiger partial charge in [0.2, 0.25) is 0 Å². The Bertz CT molecular complexity index is 801. The van der Waals surface area contributed by atoms with Gasteiger partial charge in [0.05, 0.1) is 17.6 Å². The van der Waals surface area contributed by atoms with E-state index >= 15 is 0 Å². The standard InChI is InChI=1S/C19H20N2O5/c1-25-17-13-14(7-8-16(17)21(23)24)18(22)26-19(9-11-20-12-10-19)15-5-3-2-4-6-15/h2-8,13,20H,9-12H2,1H3. The van der Waals surface area contributed by atoms with E-state index in [0.29, 0.717) is 12.8 Å². The van der Waals surface area contributed by atoms with E-state index in [1.807, 2.05) is 30.3 Å². The maximum absolute atomic E-state index is 12.8. The average Bonchev–Trinajstić information content (AvgIpc) is 2.68. The van der Waals surface area contributed by atoms with E-state index in [1.54, 1.807) is 0 Å². The highest BCUT2D eigenvalue weighted by atomic mass is 16.6. The number of carbonyl (C=O) groups is 1. The number of ether oxygens (including phenoxy) is 2. The largest absolute Gasteiger partial charge is 0.490 e. The maximum atomic E-state index is 12.8. The fourth-order valence-corrected chi connectivity index (χ4v) is 3.21. The Balaban J connectivity index is 1.90. The van der Waals surface area contributed by atoms with Crippen molar-refractivity contribution in [2.75, 3.05) is 20.2 Å². The molecule has 7 nitrogen and oxygen atoms in total. The van der Waals surface area contributed by atoms with Crippen LogP contribution in [0.5, 0.6) is 5.75 Å². The van der Waals surface area contributed by atoms with Crippen molar-refractivity contribution < 1.29 is 19.2 Å². The van der Waals surface area contributed by atoms with Crippen molar-refractivity contribution in [1.29, 1.82) is 0 Å². The second-order valence-electron chi connectivity index (χ2n) is 6.14. The van der Waals surface area contributed by atoms with Crippen molar-refractivity contribution in [1.82, 2.24) is 5.32 Å². The van der Waals surface area contributed by atoms with Crippen molar-refractivity contribution in [2.45, 2.75) is 18.4 Å². The molecule has 0 aromatic heterocycles. The highest BCUT2D eigenvalue weighted by Crippen LogP contribution is 2.36. The molecule has 7 heteroatoms. The zero-order valence-corrected chi connectivity index (χ0v) is 14.4. The number of hydrogen-bond donors (Lipinski definition) is 1. The number of nitro benzene ring substituents is 1. The van der Waals surface area contributed by atoms with Crippen LogP contribution in [0.15, 0.2) is 48.5 Å². The molecule has 0 aliphatic carbocycles. The molecule has 1 heterocycles. The lowest BCUT2D eigenvalue weighted by Gasteiger charge is -2.37. The monoisotopic (exact) mass is 356 g/mol. The third-order valence-electron chi connectivity index (χ3n) is 4.61. The topological polar surface area (TPSA) is 90.7 Å². The fraction of sp³-hybridized carbons (Fsp3) is 0.316. The normalized spacial score (nSPS) is 15.9. The number of benzene rings is 2. The van der Waals surface area contributed by atoms with Crippen molar-refractivity contribution in [3.05, 3.63) is 69.8 Å². The van der Waals surface area contributed by atoms with Crippen LogP contribution in [0.3, 0.4) is 0 Å². The molecule has 1 saturated heterocycles. The Morgan fingerprint density at radius 2 is 1.85 bits per heavy atom. The molecule has 1 aliphatic rings. The summed E-state index contributed by atoms with van der Waals surface area (Å²) in [5.41, 5.74) is 0.271. The number of piperidine rings is 1. The van der Waals surface area contributed by atoms with E-state index in [4.69, 9.17) is 9.47 Å². The molecule has 26 heavy (non-hydrogen) atoms. The number of nitrogens with zero attached hydrogens (tertiary/aromatic N) is 1. The van der Waals surface area contributed by atoms with Crippen molar-refractivity contribution in [2.24, 2.45) is 0 Å². The van der Waals surface area contributed by atoms with Crippen LogP contribution in [-0.2, 0) is 10.3 Å². The summed E-state index contributed by atoms with van der Waals surface area (Å²) in [5.74, 6) is -0.493. The maximum Gasteiger partial charge on any atom is 0.339 e. The van der Waals surface area contributed by atoms with Crippen molar-refractivity contribution >= 4 is 11.7 Å². The Labute approximate surface area is 151 Å². The summed E-state index contributed by atoms with van der Waals surface area (Å²) < 4.78 is 11.0. The molecule has 0 saturated carbocycles. The van der Waals surface area contributed by atoms with Crippen LogP contribution < -0.4 is 10.1 Å². The van der Waals surface area contributed by atoms with Gasteiger partial charge in [0.15, 0.2) is 5.75 Å². The summed E-state index contributed by atoms with van der Waals surface area (Å²) in [6, 6.07) is 13.7. The number of nitrogens with one attached hydrogen (secondary N) is 1. The van der Waals surface area contributed by atoms with Crippen molar-refractivity contribution in [3.63, 3.8) is 0 Å². The smallest absolute Gasteiger partial charge is 0.339 e. The summed E-state index contributed by atoms with van der Waals surface area (Å²) in [6.07, 6.45) is 1.32. The van der Waals surface area contributed by atoms with E-state index in [1.165, 1.54) is 25.3 Å². The summed E-state index contributed by atoms with van der Waals surface area (Å²) in [5, 5.41) is 14.3. The summed E-state index contributed by atoms with van der Waals surface area (Å²) in [6.45, 7) is 1.48. The first kappa shape index (κ1) is 17.9. The minimum Gasteiger partial charge on any atom is -0.490 e. The highest BCUT2D eigenvalue weighted by molar-refractivity contribution is 5.91. The zero-order valence-electron chi connectivity index (χ0n) is 14.4. The van der Waals surface area contributed by atoms with Crippen LogP contribution >= 0.6 is 0 Å². The zero-order chi connectivity index (χ0) is 18.6. The van der Waals surface area contributed by atoms with Crippen LogP contribution in [0, 0.1) is 10.1 Å². The van der Waals surface area contributed by atoms with Gasteiger partial charge >= 0.3 is 11.7 Å². The molecule has 0 radical (unpaired) electrons. The van der Waals surface area contributed by atoms with Gasteiger partial charge in [-0.2, -0.15) is 0 Å². The van der Waals surface area contributed by atoms with Gasteiger partial charge in [-0.05, 0) is 24.7 Å². The number of rotatable bonds is 5. The van der Waals surface area contributed by atoms with Crippen molar-refractivity contribution in [3.8, 4) is 5.75 Å². The number of esters is 1. The number of methoxy groups -OCH3 is 1. The molecule has 0 atom stereocenters. The molecule has 136 valence electrons. The van der Waals surface area contributed by atoms with Gasteiger partial charge in [-0.25, -0.2) is 4.79 Å². The molecule has 0 amide bonds. The fourth-order valence-electron chi connectivity index (χ4n) is 3.21. The predicted octanol–water partition coefficient (Wildman–Crippen LogP) is 3.04. The molecule has 3 rings (SSSR count). The van der Waals surface area contributed by atoms with Gasteiger partial charge < -0.3 is 14.8 Å². The second kappa shape index (κ2) is 7.53. The summed E-state index contributed by atoms with van der Waals surface area (Å²) in [7, 11) is 1.33. The van der Waals surface area contributed by atoms with E-state index in [-0.39, 0.29) is 17.0 Å². The lowest BCUT2D eigenvalue weighted by atomic mass is 9.84. The number of carbonyl (C=O) groups excluding carboxylic acids is 1. The third-order valence-corrected chi connectivity index (χ3v) is 4.61. The average molecular weight is 356 g/mol. The van der Waals surface area contributed by atoms with Gasteiger partial charge in [0.1, 0.15) is 5.60 Å². The summed E-state index contributed by atoms with van der Waals surface area (Å²) in [4.78, 5) is 23.2. The van der Waals surface area contributed by atoms with Crippen LogP contribution in [-0.4, -0.2) is 31.1 Å². The third kappa shape index (κ3) is 3.52. The van der Waals surface area contributed by atoms with E-state index in [2.05, 4.69) is 5.32 Å². The molecule has 0 unspecified atom stereocenters. The van der Waals surface area contributed by atoms with Crippen LogP contribution in [0.2, 0.25) is 0 Å². The Morgan fingerprint density at radius 3 is 2.46 bits per heavy atom. The minimum atomic E-state index is -0.710. The van der Waals surface area contributed by atoms with Gasteiger partial charge in [-0.1, -0.05) is 30.3 Å². The van der Waals surface area contributed by atoms with Gasteiger partial charge in [0, 0.05) is 25.0 Å². The molecule has 0 spiro atoms. The SMILES string of the molecule is COc1cc(C(=O)OC2(c3ccccc3)CCNCC2)ccc1[N+](=O)[O-]. The highest BCUT2D eigenvalue weighted by Gasteiger charge is 2.38.